The summed E-state index contributed by atoms with van der Waals surface area (Å²) >= 11 is 0.896. The van der Waals surface area contributed by atoms with E-state index >= 15 is 0 Å². The summed E-state index contributed by atoms with van der Waals surface area (Å²) in [6, 6.07) is 3.75. The Kier molecular flexibility index (Phi) is 10.0. The molecule has 2 fully saturated rings. The van der Waals surface area contributed by atoms with Gasteiger partial charge in [-0.1, -0.05) is 18.6 Å². The number of aliphatic imine (C=N–C) groups is 1. The van der Waals surface area contributed by atoms with Crippen LogP contribution in [0.2, 0.25) is 0 Å². The number of halogens is 2. The summed E-state index contributed by atoms with van der Waals surface area (Å²) in [7, 11) is 1.42. The second-order valence-electron chi connectivity index (χ2n) is 11.4. The van der Waals surface area contributed by atoms with Gasteiger partial charge in [-0.05, 0) is 75.1 Å². The molecule has 1 aromatic carbocycles. The van der Waals surface area contributed by atoms with Crippen LogP contribution in [0.25, 0.3) is 11.3 Å². The van der Waals surface area contributed by atoms with Gasteiger partial charge in [-0.15, -0.1) is 0 Å². The van der Waals surface area contributed by atoms with E-state index in [9.17, 15) is 18.4 Å². The Hall–Kier alpha value is -4.31. The van der Waals surface area contributed by atoms with Crippen LogP contribution < -0.4 is 16.0 Å². The first-order chi connectivity index (χ1) is 20.8. The molecule has 2 heterocycles. The maximum absolute atomic E-state index is 13.8. The van der Waals surface area contributed by atoms with Crippen LogP contribution in [-0.4, -0.2) is 71.9 Å². The van der Waals surface area contributed by atoms with Crippen molar-refractivity contribution in [2.45, 2.75) is 51.7 Å². The number of nitrogens with zero attached hydrogens (tertiary/aromatic N) is 3. The second kappa shape index (κ2) is 13.5. The van der Waals surface area contributed by atoms with E-state index in [0.717, 1.165) is 24.6 Å². The molecule has 1 saturated heterocycles. The number of dihydropyridines is 1. The summed E-state index contributed by atoms with van der Waals surface area (Å²) in [5.41, 5.74) is 7.33. The van der Waals surface area contributed by atoms with Gasteiger partial charge in [-0.25, -0.2) is 18.6 Å². The van der Waals surface area contributed by atoms with Gasteiger partial charge in [-0.2, -0.15) is 0 Å². The number of hydrogen-bond donors (Lipinski definition) is 3. The number of ether oxygens (including phenoxy) is 2. The van der Waals surface area contributed by atoms with Gasteiger partial charge in [0.2, 0.25) is 5.91 Å². The predicted molar refractivity (Wildman–Crippen MR) is 169 cm³/mol. The number of rotatable bonds is 6. The van der Waals surface area contributed by atoms with E-state index in [-0.39, 0.29) is 47.2 Å². The van der Waals surface area contributed by atoms with Crippen LogP contribution >= 0.6 is 11.8 Å². The van der Waals surface area contributed by atoms with E-state index in [1.807, 2.05) is 0 Å². The molecule has 2 amide bonds. The number of thioether (sulfide) groups is 1. The molecule has 1 saturated carbocycles. The molecule has 1 aliphatic carbocycles. The van der Waals surface area contributed by atoms with Gasteiger partial charge in [0.1, 0.15) is 29.0 Å². The molecule has 0 bridgehead atoms. The summed E-state index contributed by atoms with van der Waals surface area (Å²) in [4.78, 5) is 33.0. The quantitative estimate of drug-likeness (QED) is 0.235. The van der Waals surface area contributed by atoms with Crippen molar-refractivity contribution in [3.05, 3.63) is 53.9 Å². The van der Waals surface area contributed by atoms with Gasteiger partial charge < -0.3 is 25.4 Å². The number of anilines is 1. The minimum Gasteiger partial charge on any atom is -0.495 e. The molecule has 4 N–H and O–H groups in total. The molecule has 0 radical (unpaired) electrons. The standard InChI is InChI=1S/C31H36F2N6O4S/c1-18(37-29(35)44-26(34)11-8-19-6-7-19)21-10-9-20(14-22(21)23-15-24(28(32)33)36-16-25(23)42-5)39-13-12-38(17-27(39)40)30(41)43-31(2,3)4/h9-10,14-16,19,24,28,34,36H,1,6-7,12-13,17H2,2-5H3,(H2,35,37). The zero-order valence-electron chi connectivity index (χ0n) is 25.1. The predicted octanol–water partition coefficient (Wildman–Crippen LogP) is 4.79. The third-order valence-corrected chi connectivity index (χ3v) is 7.32. The van der Waals surface area contributed by atoms with E-state index in [2.05, 4.69) is 28.7 Å². The number of methoxy groups -OCH3 is 1. The average molecular weight is 627 g/mol. The largest absolute Gasteiger partial charge is 0.495 e. The fourth-order valence-corrected chi connectivity index (χ4v) is 4.92. The van der Waals surface area contributed by atoms with Gasteiger partial charge in [0.05, 0.1) is 12.8 Å². The number of nitrogens with one attached hydrogen (secondary N) is 2. The minimum atomic E-state index is -2.70. The summed E-state index contributed by atoms with van der Waals surface area (Å²) in [6.45, 7) is 9.55. The van der Waals surface area contributed by atoms with Gasteiger partial charge in [0.15, 0.2) is 5.17 Å². The smallest absolute Gasteiger partial charge is 0.410 e. The number of nitrogens with two attached hydrogens (primary N) is 1. The Morgan fingerprint density at radius 3 is 2.64 bits per heavy atom. The van der Waals surface area contributed by atoms with Gasteiger partial charge in [-0.3, -0.25) is 15.1 Å². The Balaban J connectivity index is 1.66. The van der Waals surface area contributed by atoms with Gasteiger partial charge in [0.25, 0.3) is 6.43 Å². The molecule has 0 spiro atoms. The number of carbonyl (C=O) groups excluding carboxylic acids is 2. The number of amides is 2. The molecule has 1 atom stereocenters. The zero-order chi connectivity index (χ0) is 32.2. The van der Waals surface area contributed by atoms with Gasteiger partial charge >= 0.3 is 6.09 Å². The Labute approximate surface area is 259 Å². The molecule has 0 aromatic heterocycles. The number of hydrogen-bond acceptors (Lipinski definition) is 8. The van der Waals surface area contributed by atoms with E-state index in [4.69, 9.17) is 20.6 Å². The van der Waals surface area contributed by atoms with Crippen LogP contribution in [0.4, 0.5) is 19.3 Å². The molecule has 1 unspecified atom stereocenters. The van der Waals surface area contributed by atoms with Crippen molar-refractivity contribution in [3.63, 3.8) is 0 Å². The van der Waals surface area contributed by atoms with Crippen molar-refractivity contribution in [1.82, 2.24) is 10.2 Å². The zero-order valence-corrected chi connectivity index (χ0v) is 25.9. The van der Waals surface area contributed by atoms with Crippen LogP contribution in [0.5, 0.6) is 0 Å². The minimum absolute atomic E-state index is 0.0424. The van der Waals surface area contributed by atoms with Crippen molar-refractivity contribution < 1.29 is 27.8 Å². The van der Waals surface area contributed by atoms with E-state index in [0.29, 0.717) is 28.3 Å². The number of allylic oxidation sites excluding steroid dienone is 1. The summed E-state index contributed by atoms with van der Waals surface area (Å²) < 4.78 is 38.5. The lowest BCUT2D eigenvalue weighted by Crippen LogP contribution is -2.53. The molecule has 13 heteroatoms. The molecule has 3 aliphatic rings. The molecule has 44 heavy (non-hydrogen) atoms. The Morgan fingerprint density at radius 2 is 2.02 bits per heavy atom. The van der Waals surface area contributed by atoms with E-state index in [1.54, 1.807) is 39.0 Å². The SMILES string of the molecule is C=C(N=C(N)SC(=N)C#CC1CC1)c1ccc(N2CCN(C(=O)OC(C)(C)C)CC2=O)cc1C1=CC(C(F)F)NC=C1OC. The highest BCUT2D eigenvalue weighted by molar-refractivity contribution is 8.26. The lowest BCUT2D eigenvalue weighted by Gasteiger charge is -2.35. The van der Waals surface area contributed by atoms with E-state index < -0.39 is 24.2 Å². The first-order valence-corrected chi connectivity index (χ1v) is 14.8. The number of amidine groups is 1. The topological polar surface area (TPSA) is 133 Å². The van der Waals surface area contributed by atoms with Crippen molar-refractivity contribution in [2.24, 2.45) is 16.6 Å². The maximum Gasteiger partial charge on any atom is 0.410 e. The van der Waals surface area contributed by atoms with Crippen molar-refractivity contribution >= 4 is 50.9 Å². The second-order valence-corrected chi connectivity index (χ2v) is 12.4. The molecule has 4 rings (SSSR count). The molecular weight excluding hydrogens is 590 g/mol. The van der Waals surface area contributed by atoms with Crippen molar-refractivity contribution in [1.29, 1.82) is 5.41 Å². The molecule has 2 aliphatic heterocycles. The van der Waals surface area contributed by atoms with Crippen molar-refractivity contribution in [3.8, 4) is 11.8 Å². The lowest BCUT2D eigenvalue weighted by molar-refractivity contribution is -0.121. The molecule has 1 aromatic rings. The molecule has 234 valence electrons. The highest BCUT2D eigenvalue weighted by atomic mass is 32.2. The summed E-state index contributed by atoms with van der Waals surface area (Å²) in [5, 5.41) is 10.8. The highest BCUT2D eigenvalue weighted by Gasteiger charge is 2.32. The van der Waals surface area contributed by atoms with Crippen LogP contribution in [0.3, 0.4) is 0 Å². The normalized spacial score (nSPS) is 18.9. The number of alkyl halides is 2. The average Bonchev–Trinajstić information content (AvgIpc) is 3.79. The summed E-state index contributed by atoms with van der Waals surface area (Å²) in [6.07, 6.45) is 1.50. The van der Waals surface area contributed by atoms with Crippen LogP contribution in [0.15, 0.2) is 47.8 Å². The summed E-state index contributed by atoms with van der Waals surface area (Å²) in [5.74, 6) is 6.06. The first kappa shape index (κ1) is 32.6. The molecular formula is C31H36F2N6O4S. The first-order valence-electron chi connectivity index (χ1n) is 14.0. The number of benzene rings is 1. The number of piperazine rings is 1. The molecule has 10 nitrogen and oxygen atoms in total. The maximum atomic E-state index is 13.8. The number of carbonyl (C=O) groups is 2. The van der Waals surface area contributed by atoms with Gasteiger partial charge in [0, 0.05) is 42.0 Å². The Morgan fingerprint density at radius 1 is 1.30 bits per heavy atom. The lowest BCUT2D eigenvalue weighted by atomic mass is 9.93. The highest BCUT2D eigenvalue weighted by Crippen LogP contribution is 2.36. The van der Waals surface area contributed by atoms with E-state index in [1.165, 1.54) is 29.2 Å². The van der Waals surface area contributed by atoms with Crippen LogP contribution in [0, 0.1) is 23.2 Å². The van der Waals surface area contributed by atoms with Crippen LogP contribution in [-0.2, 0) is 14.3 Å². The third-order valence-electron chi connectivity index (χ3n) is 6.72. The monoisotopic (exact) mass is 626 g/mol. The fourth-order valence-electron chi connectivity index (χ4n) is 4.44. The van der Waals surface area contributed by atoms with Crippen molar-refractivity contribution in [2.75, 3.05) is 31.6 Å². The third kappa shape index (κ3) is 8.41. The Bertz CT molecular complexity index is 1500. The van der Waals surface area contributed by atoms with Crippen LogP contribution in [0.1, 0.15) is 44.7 Å². The fraction of sp³-hybridized carbons (Fsp3) is 0.419.